The van der Waals surface area contributed by atoms with Gasteiger partial charge in [-0.15, -0.1) is 0 Å². The summed E-state index contributed by atoms with van der Waals surface area (Å²) < 4.78 is 15.7. The van der Waals surface area contributed by atoms with Gasteiger partial charge in [-0.3, -0.25) is 0 Å². The molecule has 0 radical (unpaired) electrons. The van der Waals surface area contributed by atoms with Crippen molar-refractivity contribution in [1.29, 1.82) is 0 Å². The topological polar surface area (TPSA) is 83.4 Å². The standard InChI is InChI=1S/C11H11N3O3/c12-4-3-10-13-11(17-14-10)7-1-2-8-9(5-7)16-6-15-8/h1-2,5H,3-4,6,12H2. The predicted octanol–water partition coefficient (Wildman–Crippen LogP) is 0.966. The highest BCUT2D eigenvalue weighted by Crippen LogP contribution is 2.35. The quantitative estimate of drug-likeness (QED) is 0.850. The first-order valence-electron chi connectivity index (χ1n) is 5.29. The van der Waals surface area contributed by atoms with Crippen LogP contribution in [-0.2, 0) is 6.42 Å². The summed E-state index contributed by atoms with van der Waals surface area (Å²) in [5.74, 6) is 2.50. The molecule has 0 bridgehead atoms. The van der Waals surface area contributed by atoms with Crippen molar-refractivity contribution in [3.8, 4) is 23.0 Å². The highest BCUT2D eigenvalue weighted by Gasteiger charge is 2.16. The molecule has 2 heterocycles. The Kier molecular flexibility index (Phi) is 2.41. The van der Waals surface area contributed by atoms with Gasteiger partial charge in [0.2, 0.25) is 6.79 Å². The molecular weight excluding hydrogens is 222 g/mol. The average Bonchev–Trinajstić information content (AvgIpc) is 2.96. The lowest BCUT2D eigenvalue weighted by molar-refractivity contribution is 0.174. The lowest BCUT2D eigenvalue weighted by Gasteiger charge is -1.97. The Morgan fingerprint density at radius 2 is 2.12 bits per heavy atom. The summed E-state index contributed by atoms with van der Waals surface area (Å²) in [6, 6.07) is 5.50. The molecule has 6 nitrogen and oxygen atoms in total. The molecule has 0 saturated heterocycles. The zero-order chi connectivity index (χ0) is 11.7. The van der Waals surface area contributed by atoms with E-state index in [2.05, 4.69) is 10.1 Å². The zero-order valence-corrected chi connectivity index (χ0v) is 9.05. The molecule has 1 aromatic carbocycles. The first-order valence-corrected chi connectivity index (χ1v) is 5.29. The SMILES string of the molecule is NCCc1noc(-c2ccc3c(c2)OCO3)n1. The van der Waals surface area contributed by atoms with Crippen LogP contribution in [0, 0.1) is 0 Å². The van der Waals surface area contributed by atoms with Crippen LogP contribution in [0.2, 0.25) is 0 Å². The Morgan fingerprint density at radius 3 is 3.00 bits per heavy atom. The molecule has 2 aromatic rings. The molecule has 1 aliphatic heterocycles. The summed E-state index contributed by atoms with van der Waals surface area (Å²) in [6.45, 7) is 0.751. The molecular formula is C11H11N3O3. The monoisotopic (exact) mass is 233 g/mol. The molecule has 0 aliphatic carbocycles. The van der Waals surface area contributed by atoms with Gasteiger partial charge >= 0.3 is 0 Å². The van der Waals surface area contributed by atoms with Crippen LogP contribution in [0.1, 0.15) is 5.82 Å². The first-order chi connectivity index (χ1) is 8.36. The largest absolute Gasteiger partial charge is 0.454 e. The minimum Gasteiger partial charge on any atom is -0.454 e. The van der Waals surface area contributed by atoms with E-state index in [9.17, 15) is 0 Å². The number of hydrogen-bond acceptors (Lipinski definition) is 6. The highest BCUT2D eigenvalue weighted by molar-refractivity contribution is 5.60. The lowest BCUT2D eigenvalue weighted by atomic mass is 10.2. The van der Waals surface area contributed by atoms with Crippen molar-refractivity contribution in [1.82, 2.24) is 10.1 Å². The third kappa shape index (κ3) is 1.83. The summed E-state index contributed by atoms with van der Waals surface area (Å²) in [5, 5.41) is 3.84. The number of nitrogens with zero attached hydrogens (tertiary/aromatic N) is 2. The lowest BCUT2D eigenvalue weighted by Crippen LogP contribution is -2.03. The Bertz CT molecular complexity index is 539. The van der Waals surface area contributed by atoms with Crippen LogP contribution < -0.4 is 15.2 Å². The minimum atomic E-state index is 0.251. The maximum absolute atomic E-state index is 5.42. The smallest absolute Gasteiger partial charge is 0.258 e. The summed E-state index contributed by atoms with van der Waals surface area (Å²) in [5.41, 5.74) is 6.23. The molecule has 0 unspecified atom stereocenters. The van der Waals surface area contributed by atoms with Gasteiger partial charge < -0.3 is 19.7 Å². The molecule has 6 heteroatoms. The van der Waals surface area contributed by atoms with Crippen molar-refractivity contribution >= 4 is 0 Å². The fourth-order valence-corrected chi connectivity index (χ4v) is 1.63. The van der Waals surface area contributed by atoms with Crippen molar-refractivity contribution in [2.24, 2.45) is 5.73 Å². The molecule has 0 amide bonds. The number of aromatic nitrogens is 2. The van der Waals surface area contributed by atoms with Crippen LogP contribution in [-0.4, -0.2) is 23.5 Å². The molecule has 17 heavy (non-hydrogen) atoms. The molecule has 1 aliphatic rings. The van der Waals surface area contributed by atoms with Crippen LogP contribution in [0.3, 0.4) is 0 Å². The highest BCUT2D eigenvalue weighted by atomic mass is 16.7. The van der Waals surface area contributed by atoms with Crippen molar-refractivity contribution in [2.45, 2.75) is 6.42 Å². The van der Waals surface area contributed by atoms with Crippen molar-refractivity contribution in [3.05, 3.63) is 24.0 Å². The summed E-state index contributed by atoms with van der Waals surface area (Å²) in [7, 11) is 0. The third-order valence-corrected chi connectivity index (χ3v) is 2.46. The number of benzene rings is 1. The summed E-state index contributed by atoms with van der Waals surface area (Å²) >= 11 is 0. The van der Waals surface area contributed by atoms with E-state index in [0.29, 0.717) is 30.4 Å². The Morgan fingerprint density at radius 1 is 1.24 bits per heavy atom. The van der Waals surface area contributed by atoms with Crippen LogP contribution in [0.25, 0.3) is 11.5 Å². The number of fused-ring (bicyclic) bond motifs is 1. The summed E-state index contributed by atoms with van der Waals surface area (Å²) in [4.78, 5) is 4.24. The van der Waals surface area contributed by atoms with Gasteiger partial charge in [-0.05, 0) is 24.7 Å². The third-order valence-electron chi connectivity index (χ3n) is 2.46. The molecule has 0 spiro atoms. The van der Waals surface area contributed by atoms with Gasteiger partial charge in [0.05, 0.1) is 0 Å². The minimum absolute atomic E-state index is 0.251. The Hall–Kier alpha value is -2.08. The van der Waals surface area contributed by atoms with E-state index in [4.69, 9.17) is 19.7 Å². The zero-order valence-electron chi connectivity index (χ0n) is 9.05. The number of ether oxygens (including phenoxy) is 2. The number of rotatable bonds is 3. The van der Waals surface area contributed by atoms with Crippen LogP contribution in [0.15, 0.2) is 22.7 Å². The fraction of sp³-hybridized carbons (Fsp3) is 0.273. The van der Waals surface area contributed by atoms with E-state index in [1.165, 1.54) is 0 Å². The van der Waals surface area contributed by atoms with Crippen LogP contribution in [0.5, 0.6) is 11.5 Å². The van der Waals surface area contributed by atoms with Crippen molar-refractivity contribution in [2.75, 3.05) is 13.3 Å². The number of hydrogen-bond donors (Lipinski definition) is 1. The van der Waals surface area contributed by atoms with Crippen molar-refractivity contribution < 1.29 is 14.0 Å². The van der Waals surface area contributed by atoms with Gasteiger partial charge in [0.25, 0.3) is 5.89 Å². The molecule has 0 atom stereocenters. The van der Waals surface area contributed by atoms with Crippen molar-refractivity contribution in [3.63, 3.8) is 0 Å². The molecule has 0 fully saturated rings. The Labute approximate surface area is 97.3 Å². The molecule has 3 rings (SSSR count). The van der Waals surface area contributed by atoms with E-state index in [1.807, 2.05) is 18.2 Å². The Balaban J connectivity index is 1.92. The average molecular weight is 233 g/mol. The maximum Gasteiger partial charge on any atom is 0.258 e. The second-order valence-corrected chi connectivity index (χ2v) is 3.62. The van der Waals surface area contributed by atoms with Gasteiger partial charge in [0, 0.05) is 12.0 Å². The molecule has 0 saturated carbocycles. The number of nitrogens with two attached hydrogens (primary N) is 1. The molecule has 1 aromatic heterocycles. The normalized spacial score (nSPS) is 13.0. The fourth-order valence-electron chi connectivity index (χ4n) is 1.63. The van der Waals surface area contributed by atoms with Gasteiger partial charge in [-0.1, -0.05) is 5.16 Å². The van der Waals surface area contributed by atoms with E-state index in [0.717, 1.165) is 11.3 Å². The van der Waals surface area contributed by atoms with E-state index >= 15 is 0 Å². The summed E-state index contributed by atoms with van der Waals surface area (Å²) in [6.07, 6.45) is 0.605. The molecule has 2 N–H and O–H groups in total. The van der Waals surface area contributed by atoms with E-state index < -0.39 is 0 Å². The van der Waals surface area contributed by atoms with Crippen LogP contribution in [0.4, 0.5) is 0 Å². The predicted molar refractivity (Wildman–Crippen MR) is 58.6 cm³/mol. The molecule has 88 valence electrons. The van der Waals surface area contributed by atoms with Crippen LogP contribution >= 0.6 is 0 Å². The van der Waals surface area contributed by atoms with Gasteiger partial charge in [0.15, 0.2) is 17.3 Å². The van der Waals surface area contributed by atoms with E-state index in [1.54, 1.807) is 0 Å². The second-order valence-electron chi connectivity index (χ2n) is 3.62. The van der Waals surface area contributed by atoms with E-state index in [-0.39, 0.29) is 6.79 Å². The van der Waals surface area contributed by atoms with Gasteiger partial charge in [-0.2, -0.15) is 4.98 Å². The van der Waals surface area contributed by atoms with Gasteiger partial charge in [0.1, 0.15) is 0 Å². The second kappa shape index (κ2) is 4.06. The maximum atomic E-state index is 5.42. The first kappa shape index (κ1) is 10.1. The van der Waals surface area contributed by atoms with Gasteiger partial charge in [-0.25, -0.2) is 0 Å².